The Bertz CT molecular complexity index is 1010. The van der Waals surface area contributed by atoms with E-state index in [0.717, 1.165) is 22.5 Å². The Hall–Kier alpha value is -2.98. The van der Waals surface area contributed by atoms with Gasteiger partial charge in [0.1, 0.15) is 11.4 Å². The normalized spacial score (nSPS) is 11.9. The summed E-state index contributed by atoms with van der Waals surface area (Å²) in [6.45, 7) is 2.16. The minimum absolute atomic E-state index is 0.249. The Morgan fingerprint density at radius 1 is 0.630 bits per heavy atom. The fourth-order valence-electron chi connectivity index (χ4n) is 2.90. The van der Waals surface area contributed by atoms with Crippen LogP contribution in [0.2, 0.25) is 0 Å². The molecule has 4 aromatic rings. The zero-order valence-electron chi connectivity index (χ0n) is 15.0. The van der Waals surface area contributed by atoms with Crippen LogP contribution in [0.3, 0.4) is 0 Å². The number of thioether (sulfide) groups is 1. The highest BCUT2D eigenvalue weighted by molar-refractivity contribution is 7.99. The van der Waals surface area contributed by atoms with Gasteiger partial charge in [-0.1, -0.05) is 103 Å². The van der Waals surface area contributed by atoms with E-state index in [2.05, 4.69) is 53.5 Å². The standard InChI is InChI=1S/C23H19N3S/c1-17(18-11-5-2-6-12-18)27-23-24-21(19-13-7-3-8-14-19)22(25-26-23)20-15-9-4-10-16-20/h2-17H,1H3. The smallest absolute Gasteiger partial charge is 0.210 e. The highest BCUT2D eigenvalue weighted by atomic mass is 32.2. The molecule has 0 amide bonds. The predicted octanol–water partition coefficient (Wildman–Crippen LogP) is 6.06. The molecule has 1 aromatic heterocycles. The van der Waals surface area contributed by atoms with Gasteiger partial charge in [-0.3, -0.25) is 0 Å². The fraction of sp³-hybridized carbons (Fsp3) is 0.0870. The molecule has 1 heterocycles. The van der Waals surface area contributed by atoms with Crippen molar-refractivity contribution in [3.05, 3.63) is 96.6 Å². The number of aromatic nitrogens is 3. The van der Waals surface area contributed by atoms with Gasteiger partial charge in [0.2, 0.25) is 5.16 Å². The topological polar surface area (TPSA) is 38.7 Å². The van der Waals surface area contributed by atoms with Gasteiger partial charge in [-0.25, -0.2) is 4.98 Å². The summed E-state index contributed by atoms with van der Waals surface area (Å²) in [5.74, 6) is 0. The second-order valence-electron chi connectivity index (χ2n) is 6.19. The van der Waals surface area contributed by atoms with Crippen LogP contribution in [0.25, 0.3) is 22.5 Å². The highest BCUT2D eigenvalue weighted by Crippen LogP contribution is 2.35. The molecular formula is C23H19N3S. The molecule has 0 aliphatic rings. The van der Waals surface area contributed by atoms with E-state index >= 15 is 0 Å². The van der Waals surface area contributed by atoms with E-state index < -0.39 is 0 Å². The zero-order valence-corrected chi connectivity index (χ0v) is 15.8. The van der Waals surface area contributed by atoms with Crippen LogP contribution in [-0.4, -0.2) is 15.2 Å². The maximum atomic E-state index is 4.87. The van der Waals surface area contributed by atoms with Crippen LogP contribution in [0.5, 0.6) is 0 Å². The average Bonchev–Trinajstić information content (AvgIpc) is 2.75. The molecule has 4 heteroatoms. The van der Waals surface area contributed by atoms with Crippen molar-refractivity contribution in [3.8, 4) is 22.5 Å². The second-order valence-corrected chi connectivity index (χ2v) is 7.50. The summed E-state index contributed by atoms with van der Waals surface area (Å²) >= 11 is 1.62. The van der Waals surface area contributed by atoms with Crippen molar-refractivity contribution in [2.75, 3.05) is 0 Å². The number of nitrogens with zero attached hydrogens (tertiary/aromatic N) is 3. The van der Waals surface area contributed by atoms with Crippen LogP contribution in [0.1, 0.15) is 17.7 Å². The van der Waals surface area contributed by atoms with E-state index in [4.69, 9.17) is 4.98 Å². The van der Waals surface area contributed by atoms with Gasteiger partial charge < -0.3 is 0 Å². The number of hydrogen-bond donors (Lipinski definition) is 0. The molecule has 3 nitrogen and oxygen atoms in total. The van der Waals surface area contributed by atoms with E-state index in [0.29, 0.717) is 5.16 Å². The maximum absolute atomic E-state index is 4.87. The fourth-order valence-corrected chi connectivity index (χ4v) is 3.74. The molecule has 0 radical (unpaired) electrons. The number of rotatable bonds is 5. The third-order valence-corrected chi connectivity index (χ3v) is 5.32. The van der Waals surface area contributed by atoms with E-state index in [1.807, 2.05) is 54.6 Å². The molecule has 0 spiro atoms. The lowest BCUT2D eigenvalue weighted by molar-refractivity contribution is 0.845. The summed E-state index contributed by atoms with van der Waals surface area (Å²) in [6, 6.07) is 30.6. The molecule has 0 aliphatic carbocycles. The summed E-state index contributed by atoms with van der Waals surface area (Å²) in [7, 11) is 0. The van der Waals surface area contributed by atoms with Crippen LogP contribution in [0.4, 0.5) is 0 Å². The van der Waals surface area contributed by atoms with Crippen molar-refractivity contribution in [2.24, 2.45) is 0 Å². The lowest BCUT2D eigenvalue weighted by Crippen LogP contribution is -2.00. The van der Waals surface area contributed by atoms with Gasteiger partial charge in [0, 0.05) is 16.4 Å². The van der Waals surface area contributed by atoms with E-state index in [9.17, 15) is 0 Å². The Morgan fingerprint density at radius 3 is 1.74 bits per heavy atom. The maximum Gasteiger partial charge on any atom is 0.210 e. The first-order valence-corrected chi connectivity index (χ1v) is 9.76. The van der Waals surface area contributed by atoms with Crippen LogP contribution < -0.4 is 0 Å². The molecule has 0 fully saturated rings. The van der Waals surface area contributed by atoms with Crippen molar-refractivity contribution < 1.29 is 0 Å². The first kappa shape index (κ1) is 17.4. The van der Waals surface area contributed by atoms with Gasteiger partial charge in [0.05, 0.1) is 0 Å². The van der Waals surface area contributed by atoms with Crippen molar-refractivity contribution >= 4 is 11.8 Å². The largest absolute Gasteiger partial charge is 0.219 e. The van der Waals surface area contributed by atoms with E-state index in [-0.39, 0.29) is 5.25 Å². The Balaban J connectivity index is 1.73. The molecule has 0 N–H and O–H groups in total. The molecular weight excluding hydrogens is 350 g/mol. The van der Waals surface area contributed by atoms with Gasteiger partial charge in [-0.2, -0.15) is 0 Å². The number of benzene rings is 3. The monoisotopic (exact) mass is 369 g/mol. The predicted molar refractivity (Wildman–Crippen MR) is 111 cm³/mol. The molecule has 27 heavy (non-hydrogen) atoms. The van der Waals surface area contributed by atoms with Crippen LogP contribution in [0, 0.1) is 0 Å². The van der Waals surface area contributed by atoms with E-state index in [1.54, 1.807) is 11.8 Å². The molecule has 132 valence electrons. The minimum atomic E-state index is 0.249. The van der Waals surface area contributed by atoms with Crippen LogP contribution in [0.15, 0.2) is 96.2 Å². The minimum Gasteiger partial charge on any atom is -0.219 e. The van der Waals surface area contributed by atoms with Gasteiger partial charge in [0.15, 0.2) is 0 Å². The Kier molecular flexibility index (Phi) is 5.26. The van der Waals surface area contributed by atoms with E-state index in [1.165, 1.54) is 5.56 Å². The molecule has 0 saturated carbocycles. The lowest BCUT2D eigenvalue weighted by Gasteiger charge is -2.12. The van der Waals surface area contributed by atoms with Gasteiger partial charge in [0.25, 0.3) is 0 Å². The molecule has 0 aliphatic heterocycles. The first-order valence-electron chi connectivity index (χ1n) is 8.88. The van der Waals surface area contributed by atoms with Crippen molar-refractivity contribution in [3.63, 3.8) is 0 Å². The second kappa shape index (κ2) is 8.14. The van der Waals surface area contributed by atoms with Crippen LogP contribution >= 0.6 is 11.8 Å². The quantitative estimate of drug-likeness (QED) is 0.401. The summed E-state index contributed by atoms with van der Waals surface area (Å²) in [4.78, 5) is 4.87. The number of hydrogen-bond acceptors (Lipinski definition) is 4. The van der Waals surface area contributed by atoms with Gasteiger partial charge >= 0.3 is 0 Å². The Morgan fingerprint density at radius 2 is 1.15 bits per heavy atom. The highest BCUT2D eigenvalue weighted by Gasteiger charge is 2.16. The molecule has 3 aromatic carbocycles. The molecule has 1 atom stereocenters. The molecule has 1 unspecified atom stereocenters. The molecule has 4 rings (SSSR count). The van der Waals surface area contributed by atoms with Crippen LogP contribution in [-0.2, 0) is 0 Å². The summed E-state index contributed by atoms with van der Waals surface area (Å²) in [5.41, 5.74) is 4.97. The summed E-state index contributed by atoms with van der Waals surface area (Å²) in [5, 5.41) is 9.88. The first-order chi connectivity index (χ1) is 13.3. The molecule has 0 bridgehead atoms. The molecule has 0 saturated heterocycles. The van der Waals surface area contributed by atoms with Crippen molar-refractivity contribution in [2.45, 2.75) is 17.3 Å². The third kappa shape index (κ3) is 4.07. The Labute approximate surface area is 163 Å². The van der Waals surface area contributed by atoms with Gasteiger partial charge in [-0.15, -0.1) is 10.2 Å². The average molecular weight is 369 g/mol. The SMILES string of the molecule is CC(Sc1nnc(-c2ccccc2)c(-c2ccccc2)n1)c1ccccc1. The summed E-state index contributed by atoms with van der Waals surface area (Å²) < 4.78 is 0. The zero-order chi connectivity index (χ0) is 18.5. The van der Waals surface area contributed by atoms with Crippen molar-refractivity contribution in [1.29, 1.82) is 0 Å². The lowest BCUT2D eigenvalue weighted by atomic mass is 10.0. The van der Waals surface area contributed by atoms with Gasteiger partial charge in [-0.05, 0) is 12.5 Å². The summed E-state index contributed by atoms with van der Waals surface area (Å²) in [6.07, 6.45) is 0. The third-order valence-electron chi connectivity index (χ3n) is 4.31. The van der Waals surface area contributed by atoms with Crippen molar-refractivity contribution in [1.82, 2.24) is 15.2 Å².